The SMILES string of the molecule is CC(C)c1csc(C2CCCN(C(=O)CC(C)C3CCCNC3)C2)n1.Cl.Cl. The van der Waals surface area contributed by atoms with Gasteiger partial charge in [0.25, 0.3) is 0 Å². The van der Waals surface area contributed by atoms with Gasteiger partial charge in [-0.15, -0.1) is 36.2 Å². The van der Waals surface area contributed by atoms with Crippen LogP contribution in [0.1, 0.15) is 75.4 Å². The molecule has 0 aromatic carbocycles. The van der Waals surface area contributed by atoms with Crippen molar-refractivity contribution in [1.82, 2.24) is 15.2 Å². The first-order valence-electron chi connectivity index (χ1n) is 9.98. The van der Waals surface area contributed by atoms with Gasteiger partial charge in [0, 0.05) is 30.8 Å². The summed E-state index contributed by atoms with van der Waals surface area (Å²) in [5, 5.41) is 6.90. The Hall–Kier alpha value is -0.360. The van der Waals surface area contributed by atoms with Crippen LogP contribution in [-0.4, -0.2) is 42.0 Å². The van der Waals surface area contributed by atoms with E-state index in [-0.39, 0.29) is 24.8 Å². The number of amides is 1. The normalized spacial score (nSPS) is 24.1. The van der Waals surface area contributed by atoms with Gasteiger partial charge < -0.3 is 10.2 Å². The Labute approximate surface area is 180 Å². The summed E-state index contributed by atoms with van der Waals surface area (Å²) in [6.07, 6.45) is 5.48. The van der Waals surface area contributed by atoms with Gasteiger partial charge in [-0.05, 0) is 56.5 Å². The molecule has 0 spiro atoms. The molecule has 0 bridgehead atoms. The molecule has 1 aromatic heterocycles. The smallest absolute Gasteiger partial charge is 0.222 e. The predicted molar refractivity (Wildman–Crippen MR) is 119 cm³/mol. The summed E-state index contributed by atoms with van der Waals surface area (Å²) in [6.45, 7) is 10.6. The molecule has 1 N–H and O–H groups in total. The number of carbonyl (C=O) groups is 1. The van der Waals surface area contributed by atoms with E-state index in [0.29, 0.717) is 36.0 Å². The molecule has 3 heterocycles. The van der Waals surface area contributed by atoms with E-state index in [9.17, 15) is 4.79 Å². The van der Waals surface area contributed by atoms with E-state index in [1.165, 1.54) is 23.5 Å². The van der Waals surface area contributed by atoms with Gasteiger partial charge in [0.05, 0.1) is 10.7 Å². The third-order valence-corrected chi connectivity index (χ3v) is 6.92. The lowest BCUT2D eigenvalue weighted by Gasteiger charge is -2.34. The fourth-order valence-corrected chi connectivity index (χ4v) is 5.20. The van der Waals surface area contributed by atoms with Crippen molar-refractivity contribution in [2.45, 2.75) is 64.7 Å². The van der Waals surface area contributed by atoms with E-state index in [1.54, 1.807) is 11.3 Å². The zero-order chi connectivity index (χ0) is 17.8. The Kier molecular flexibility index (Phi) is 10.6. The average molecular weight is 436 g/mol. The molecule has 0 aliphatic carbocycles. The molecule has 2 aliphatic heterocycles. The quantitative estimate of drug-likeness (QED) is 0.718. The molecule has 2 saturated heterocycles. The maximum absolute atomic E-state index is 12.8. The average Bonchev–Trinajstić information content (AvgIpc) is 3.13. The first-order chi connectivity index (χ1) is 12.0. The zero-order valence-corrected chi connectivity index (χ0v) is 19.2. The van der Waals surface area contributed by atoms with Crippen molar-refractivity contribution < 1.29 is 4.79 Å². The van der Waals surface area contributed by atoms with Gasteiger partial charge in [-0.1, -0.05) is 20.8 Å². The first kappa shape index (κ1) is 24.7. The third-order valence-electron chi connectivity index (χ3n) is 5.89. The largest absolute Gasteiger partial charge is 0.342 e. The summed E-state index contributed by atoms with van der Waals surface area (Å²) < 4.78 is 0. The van der Waals surface area contributed by atoms with Crippen LogP contribution in [0.4, 0.5) is 0 Å². The van der Waals surface area contributed by atoms with Crippen LogP contribution in [0.3, 0.4) is 0 Å². The molecule has 156 valence electrons. The maximum atomic E-state index is 12.8. The van der Waals surface area contributed by atoms with E-state index >= 15 is 0 Å². The third kappa shape index (κ3) is 6.59. The summed E-state index contributed by atoms with van der Waals surface area (Å²) >= 11 is 1.78. The highest BCUT2D eigenvalue weighted by molar-refractivity contribution is 7.09. The molecule has 1 aromatic rings. The molecular formula is C20H35Cl2N3OS. The molecule has 3 atom stereocenters. The molecule has 1 amide bonds. The maximum Gasteiger partial charge on any atom is 0.222 e. The fraction of sp³-hybridized carbons (Fsp3) is 0.800. The Balaban J connectivity index is 0.00000182. The molecule has 3 rings (SSSR count). The number of aromatic nitrogens is 1. The van der Waals surface area contributed by atoms with E-state index in [1.807, 2.05) is 0 Å². The van der Waals surface area contributed by atoms with Crippen molar-refractivity contribution in [3.63, 3.8) is 0 Å². The van der Waals surface area contributed by atoms with E-state index in [4.69, 9.17) is 4.98 Å². The van der Waals surface area contributed by atoms with Crippen LogP contribution in [0.25, 0.3) is 0 Å². The van der Waals surface area contributed by atoms with E-state index < -0.39 is 0 Å². The number of thiazole rings is 1. The van der Waals surface area contributed by atoms with Crippen LogP contribution in [0.2, 0.25) is 0 Å². The van der Waals surface area contributed by atoms with Gasteiger partial charge in [0.15, 0.2) is 0 Å². The van der Waals surface area contributed by atoms with Crippen molar-refractivity contribution in [2.24, 2.45) is 11.8 Å². The Bertz CT molecular complexity index is 575. The number of hydrogen-bond acceptors (Lipinski definition) is 4. The standard InChI is InChI=1S/C20H33N3OS.2ClH/c1-14(2)18-13-25-20(22-18)17-7-5-9-23(12-17)19(24)10-15(3)16-6-4-8-21-11-16;;/h13-17,21H,4-12H2,1-3H3;2*1H. The fourth-order valence-electron chi connectivity index (χ4n) is 4.09. The molecule has 3 unspecified atom stereocenters. The minimum atomic E-state index is 0. The molecule has 7 heteroatoms. The topological polar surface area (TPSA) is 45.2 Å². The van der Waals surface area contributed by atoms with Gasteiger partial charge in [-0.2, -0.15) is 0 Å². The van der Waals surface area contributed by atoms with Crippen molar-refractivity contribution in [3.8, 4) is 0 Å². The number of carbonyl (C=O) groups excluding carboxylic acids is 1. The van der Waals surface area contributed by atoms with Crippen LogP contribution in [0.5, 0.6) is 0 Å². The summed E-state index contributed by atoms with van der Waals surface area (Å²) in [7, 11) is 0. The minimum Gasteiger partial charge on any atom is -0.342 e. The van der Waals surface area contributed by atoms with Gasteiger partial charge in [0.1, 0.15) is 0 Å². The van der Waals surface area contributed by atoms with Gasteiger partial charge in [-0.3, -0.25) is 4.79 Å². The molecule has 2 aliphatic rings. The second-order valence-corrected chi connectivity index (χ2v) is 9.12. The number of nitrogens with zero attached hydrogens (tertiary/aromatic N) is 2. The molecule has 2 fully saturated rings. The summed E-state index contributed by atoms with van der Waals surface area (Å²) in [4.78, 5) is 19.8. The van der Waals surface area contributed by atoms with Crippen molar-refractivity contribution in [3.05, 3.63) is 16.1 Å². The number of hydrogen-bond donors (Lipinski definition) is 1. The van der Waals surface area contributed by atoms with Crippen LogP contribution in [-0.2, 0) is 4.79 Å². The first-order valence-corrected chi connectivity index (χ1v) is 10.9. The lowest BCUT2D eigenvalue weighted by molar-refractivity contribution is -0.133. The summed E-state index contributed by atoms with van der Waals surface area (Å²) in [6, 6.07) is 0. The monoisotopic (exact) mass is 435 g/mol. The number of rotatable bonds is 5. The zero-order valence-electron chi connectivity index (χ0n) is 16.8. The lowest BCUT2D eigenvalue weighted by Crippen LogP contribution is -2.41. The number of likely N-dealkylation sites (tertiary alicyclic amines) is 1. The molecule has 27 heavy (non-hydrogen) atoms. The minimum absolute atomic E-state index is 0. The lowest BCUT2D eigenvalue weighted by atomic mass is 9.85. The molecule has 0 radical (unpaired) electrons. The molecule has 4 nitrogen and oxygen atoms in total. The Morgan fingerprint density at radius 3 is 2.70 bits per heavy atom. The van der Waals surface area contributed by atoms with Crippen molar-refractivity contribution >= 4 is 42.1 Å². The van der Waals surface area contributed by atoms with E-state index in [2.05, 4.69) is 36.4 Å². The Morgan fingerprint density at radius 1 is 1.30 bits per heavy atom. The Morgan fingerprint density at radius 2 is 2.07 bits per heavy atom. The predicted octanol–water partition coefficient (Wildman–Crippen LogP) is 4.84. The molecule has 0 saturated carbocycles. The number of halogens is 2. The highest BCUT2D eigenvalue weighted by Gasteiger charge is 2.29. The summed E-state index contributed by atoms with van der Waals surface area (Å²) in [5.74, 6) is 2.40. The van der Waals surface area contributed by atoms with Crippen LogP contribution < -0.4 is 5.32 Å². The van der Waals surface area contributed by atoms with Gasteiger partial charge in [0.2, 0.25) is 5.91 Å². The van der Waals surface area contributed by atoms with Gasteiger partial charge in [-0.25, -0.2) is 4.98 Å². The highest BCUT2D eigenvalue weighted by atomic mass is 35.5. The van der Waals surface area contributed by atoms with Crippen LogP contribution >= 0.6 is 36.2 Å². The van der Waals surface area contributed by atoms with Crippen molar-refractivity contribution in [1.29, 1.82) is 0 Å². The second-order valence-electron chi connectivity index (χ2n) is 8.23. The van der Waals surface area contributed by atoms with E-state index in [0.717, 1.165) is 39.0 Å². The van der Waals surface area contributed by atoms with Crippen LogP contribution in [0.15, 0.2) is 5.38 Å². The van der Waals surface area contributed by atoms with Crippen LogP contribution in [0, 0.1) is 11.8 Å². The number of piperidine rings is 2. The molecular weight excluding hydrogens is 401 g/mol. The van der Waals surface area contributed by atoms with Crippen molar-refractivity contribution in [2.75, 3.05) is 26.2 Å². The second kappa shape index (κ2) is 11.6. The number of nitrogens with one attached hydrogen (secondary N) is 1. The summed E-state index contributed by atoms with van der Waals surface area (Å²) in [5.41, 5.74) is 1.20. The van der Waals surface area contributed by atoms with Gasteiger partial charge >= 0.3 is 0 Å². The highest BCUT2D eigenvalue weighted by Crippen LogP contribution is 2.32.